The van der Waals surface area contributed by atoms with Gasteiger partial charge in [0, 0.05) is 49.1 Å². The molecule has 1 heterocycles. The average Bonchev–Trinajstić information content (AvgIpc) is 2.96. The lowest BCUT2D eigenvalue weighted by Crippen LogP contribution is -2.44. The molecule has 1 fully saturated rings. The Labute approximate surface area is 237 Å². The Morgan fingerprint density at radius 3 is 2.15 bits per heavy atom. The van der Waals surface area contributed by atoms with Crippen molar-refractivity contribution in [2.24, 2.45) is 23.7 Å². The molecule has 214 valence electrons. The maximum atomic E-state index is 13.4. The van der Waals surface area contributed by atoms with Gasteiger partial charge in [0.25, 0.3) is 0 Å². The minimum atomic E-state index is -0.857. The van der Waals surface area contributed by atoms with Gasteiger partial charge in [-0.05, 0) is 42.9 Å². The second-order valence-electron chi connectivity index (χ2n) is 11.5. The molecule has 1 amide bonds. The lowest BCUT2D eigenvalue weighted by Gasteiger charge is -2.24. The maximum absolute atomic E-state index is 13.4. The molecule has 0 spiro atoms. The highest BCUT2D eigenvalue weighted by atomic mass is 16.2. The van der Waals surface area contributed by atoms with Crippen LogP contribution in [0.25, 0.3) is 0 Å². The number of ketones is 4. The molecule has 3 atom stereocenters. The van der Waals surface area contributed by atoms with E-state index >= 15 is 0 Å². The predicted octanol–water partition coefficient (Wildman–Crippen LogP) is 5.36. The first kappa shape index (κ1) is 31.1. The van der Waals surface area contributed by atoms with Crippen molar-refractivity contribution >= 4 is 29.0 Å². The van der Waals surface area contributed by atoms with Crippen LogP contribution in [0.2, 0.25) is 0 Å². The summed E-state index contributed by atoms with van der Waals surface area (Å²) < 4.78 is 0. The van der Waals surface area contributed by atoms with E-state index < -0.39 is 29.6 Å². The van der Waals surface area contributed by atoms with Crippen LogP contribution in [0.15, 0.2) is 54.9 Å². The van der Waals surface area contributed by atoms with E-state index in [2.05, 4.69) is 10.3 Å². The number of nitrogens with one attached hydrogen (secondary N) is 1. The molecular weight excluding hydrogens is 504 g/mol. The molecule has 1 aromatic heterocycles. The summed E-state index contributed by atoms with van der Waals surface area (Å²) in [5.74, 6) is -3.06. The molecule has 0 aliphatic heterocycles. The van der Waals surface area contributed by atoms with Crippen LogP contribution >= 0.6 is 0 Å². The van der Waals surface area contributed by atoms with Crippen molar-refractivity contribution in [3.05, 3.63) is 66.0 Å². The molecule has 1 saturated carbocycles. The number of pyridine rings is 1. The summed E-state index contributed by atoms with van der Waals surface area (Å²) in [5.41, 5.74) is 1.38. The van der Waals surface area contributed by atoms with Crippen LogP contribution in [-0.4, -0.2) is 40.1 Å². The molecular formula is C33H42N2O5. The molecule has 0 radical (unpaired) electrons. The first-order chi connectivity index (χ1) is 19.2. The van der Waals surface area contributed by atoms with Crippen molar-refractivity contribution < 1.29 is 24.0 Å². The Hall–Kier alpha value is -3.48. The van der Waals surface area contributed by atoms with Gasteiger partial charge in [0.05, 0.1) is 6.04 Å². The van der Waals surface area contributed by atoms with Gasteiger partial charge in [0.15, 0.2) is 17.3 Å². The Morgan fingerprint density at radius 1 is 0.875 bits per heavy atom. The molecule has 3 rings (SSSR count). The largest absolute Gasteiger partial charge is 0.346 e. The molecule has 1 aliphatic rings. The third kappa shape index (κ3) is 9.32. The SMILES string of the molecule is CC(C)C(CC(=O)[C@H](C)NC(=O)[C@H](CC(=O)c1ccncc1)Cc1ccccc1)C(=O)C(=O)CC1CCCCC1. The first-order valence-electron chi connectivity index (χ1n) is 14.5. The highest BCUT2D eigenvalue weighted by molar-refractivity contribution is 6.38. The number of rotatable bonds is 15. The first-order valence-corrected chi connectivity index (χ1v) is 14.5. The van der Waals surface area contributed by atoms with E-state index in [0.717, 1.165) is 31.2 Å². The van der Waals surface area contributed by atoms with Gasteiger partial charge >= 0.3 is 0 Å². The summed E-state index contributed by atoms with van der Waals surface area (Å²) in [6.45, 7) is 5.28. The van der Waals surface area contributed by atoms with Crippen molar-refractivity contribution in [1.29, 1.82) is 0 Å². The molecule has 1 N–H and O–H groups in total. The van der Waals surface area contributed by atoms with Gasteiger partial charge in [0.2, 0.25) is 11.7 Å². The van der Waals surface area contributed by atoms with Gasteiger partial charge in [-0.1, -0.05) is 76.3 Å². The fourth-order valence-electron chi connectivity index (χ4n) is 5.43. The van der Waals surface area contributed by atoms with E-state index in [4.69, 9.17) is 0 Å². The number of aromatic nitrogens is 1. The van der Waals surface area contributed by atoms with E-state index in [1.54, 1.807) is 19.1 Å². The van der Waals surface area contributed by atoms with Gasteiger partial charge in [-0.15, -0.1) is 0 Å². The second kappa shape index (κ2) is 15.3. The van der Waals surface area contributed by atoms with Crippen LogP contribution in [0.1, 0.15) is 88.1 Å². The van der Waals surface area contributed by atoms with Crippen LogP contribution < -0.4 is 5.32 Å². The van der Waals surface area contributed by atoms with Gasteiger partial charge < -0.3 is 5.32 Å². The third-order valence-electron chi connectivity index (χ3n) is 8.01. The molecule has 7 nitrogen and oxygen atoms in total. The van der Waals surface area contributed by atoms with Crippen LogP contribution in [-0.2, 0) is 25.6 Å². The average molecular weight is 547 g/mol. The maximum Gasteiger partial charge on any atom is 0.224 e. The van der Waals surface area contributed by atoms with Gasteiger partial charge in [-0.3, -0.25) is 29.0 Å². The monoisotopic (exact) mass is 546 g/mol. The van der Waals surface area contributed by atoms with Gasteiger partial charge in [-0.2, -0.15) is 0 Å². The summed E-state index contributed by atoms with van der Waals surface area (Å²) in [4.78, 5) is 69.3. The standard InChI is InChI=1S/C33H42N2O5/c1-22(2)28(32(39)31(38)19-25-12-8-5-9-13-25)21-29(36)23(3)35-33(40)27(18-24-10-6-4-7-11-24)20-30(37)26-14-16-34-17-15-26/h4,6-7,10-11,14-17,22-23,25,27-28H,5,8-9,12-13,18-21H2,1-3H3,(H,35,40)/t23-,27-,28?/m0/s1. The summed E-state index contributed by atoms with van der Waals surface area (Å²) >= 11 is 0. The minimum Gasteiger partial charge on any atom is -0.346 e. The number of amides is 1. The second-order valence-corrected chi connectivity index (χ2v) is 11.5. The van der Waals surface area contributed by atoms with Gasteiger partial charge in [0.1, 0.15) is 0 Å². The molecule has 7 heteroatoms. The zero-order valence-electron chi connectivity index (χ0n) is 23.9. The van der Waals surface area contributed by atoms with Crippen molar-refractivity contribution in [2.45, 2.75) is 84.6 Å². The number of Topliss-reactive ketones (excluding diaryl/α,β-unsaturated/α-hetero) is 4. The third-order valence-corrected chi connectivity index (χ3v) is 8.01. The van der Waals surface area contributed by atoms with Crippen molar-refractivity contribution in [3.8, 4) is 0 Å². The Bertz CT molecular complexity index is 1160. The fraction of sp³-hybridized carbons (Fsp3) is 0.515. The summed E-state index contributed by atoms with van der Waals surface area (Å²) in [7, 11) is 0. The minimum absolute atomic E-state index is 0.0194. The highest BCUT2D eigenvalue weighted by Gasteiger charge is 2.33. The zero-order valence-corrected chi connectivity index (χ0v) is 23.9. The molecule has 0 saturated heterocycles. The number of hydrogen-bond acceptors (Lipinski definition) is 6. The van der Waals surface area contributed by atoms with Crippen molar-refractivity contribution in [2.75, 3.05) is 0 Å². The Balaban J connectivity index is 1.64. The summed E-state index contributed by atoms with van der Waals surface area (Å²) in [6.07, 6.45) is 8.85. The number of carbonyl (C=O) groups excluding carboxylic acids is 5. The molecule has 0 bridgehead atoms. The van der Waals surface area contributed by atoms with Crippen LogP contribution in [0, 0.1) is 23.7 Å². The molecule has 1 aliphatic carbocycles. The van der Waals surface area contributed by atoms with Crippen LogP contribution in [0.4, 0.5) is 0 Å². The normalized spacial score (nSPS) is 16.1. The molecule has 40 heavy (non-hydrogen) atoms. The number of hydrogen-bond donors (Lipinski definition) is 1. The zero-order chi connectivity index (χ0) is 29.1. The van der Waals surface area contributed by atoms with E-state index in [1.807, 2.05) is 44.2 Å². The van der Waals surface area contributed by atoms with Crippen LogP contribution in [0.5, 0.6) is 0 Å². The number of nitrogens with zero attached hydrogens (tertiary/aromatic N) is 1. The molecule has 2 aromatic rings. The number of carbonyl (C=O) groups is 5. The number of benzene rings is 1. The van der Waals surface area contributed by atoms with Gasteiger partial charge in [-0.25, -0.2) is 0 Å². The lowest BCUT2D eigenvalue weighted by atomic mass is 9.80. The van der Waals surface area contributed by atoms with Crippen molar-refractivity contribution in [1.82, 2.24) is 10.3 Å². The van der Waals surface area contributed by atoms with Crippen molar-refractivity contribution in [3.63, 3.8) is 0 Å². The van der Waals surface area contributed by atoms with E-state index in [9.17, 15) is 24.0 Å². The Kier molecular flexibility index (Phi) is 11.9. The topological polar surface area (TPSA) is 110 Å². The Morgan fingerprint density at radius 2 is 1.52 bits per heavy atom. The summed E-state index contributed by atoms with van der Waals surface area (Å²) in [6, 6.07) is 11.8. The van der Waals surface area contributed by atoms with Crippen LogP contribution in [0.3, 0.4) is 0 Å². The molecule has 1 unspecified atom stereocenters. The summed E-state index contributed by atoms with van der Waals surface area (Å²) in [5, 5.41) is 2.79. The van der Waals surface area contributed by atoms with E-state index in [-0.39, 0.29) is 48.4 Å². The quantitative estimate of drug-likeness (QED) is 0.238. The lowest BCUT2D eigenvalue weighted by molar-refractivity contribution is -0.142. The van der Waals surface area contributed by atoms with E-state index in [1.165, 1.54) is 18.8 Å². The highest BCUT2D eigenvalue weighted by Crippen LogP contribution is 2.28. The smallest absolute Gasteiger partial charge is 0.224 e. The fourth-order valence-corrected chi connectivity index (χ4v) is 5.43. The van der Waals surface area contributed by atoms with E-state index in [0.29, 0.717) is 12.0 Å². The predicted molar refractivity (Wildman–Crippen MR) is 154 cm³/mol. The molecule has 1 aromatic carbocycles.